The number of nitrogens with zero attached hydrogens (tertiary/aromatic N) is 1. The maximum absolute atomic E-state index is 12.8. The maximum Gasteiger partial charge on any atom is 0.255 e. The number of benzene rings is 2. The molecule has 2 aliphatic rings. The minimum Gasteiger partial charge on any atom is -0.322 e. The van der Waals surface area contributed by atoms with Crippen LogP contribution in [0.4, 0.5) is 0 Å². The lowest BCUT2D eigenvalue weighted by Crippen LogP contribution is -2.52. The standard InChI is InChI=1S/C19H15IN2O3/c20-14-3-1-2-11(8-14)12-4-5-13-10-22(19(25)15(13)9-12)16-6-7-17(23)21-18(16)24/h1-5,8-9,16H,6-7,10H2,(H,21,23,24). The van der Waals surface area contributed by atoms with Gasteiger partial charge in [0.2, 0.25) is 11.8 Å². The van der Waals surface area contributed by atoms with Crippen LogP contribution in [-0.2, 0) is 16.1 Å². The van der Waals surface area contributed by atoms with Gasteiger partial charge in [-0.1, -0.05) is 24.3 Å². The number of amides is 3. The molecule has 0 radical (unpaired) electrons. The lowest BCUT2D eigenvalue weighted by molar-refractivity contribution is -0.136. The van der Waals surface area contributed by atoms with Gasteiger partial charge in [0.25, 0.3) is 5.91 Å². The number of nitrogens with one attached hydrogen (secondary N) is 1. The Balaban J connectivity index is 1.64. The van der Waals surface area contributed by atoms with Crippen LogP contribution in [0.5, 0.6) is 0 Å². The van der Waals surface area contributed by atoms with Gasteiger partial charge in [0.1, 0.15) is 6.04 Å². The van der Waals surface area contributed by atoms with E-state index in [4.69, 9.17) is 0 Å². The van der Waals surface area contributed by atoms with E-state index < -0.39 is 6.04 Å². The van der Waals surface area contributed by atoms with Crippen LogP contribution in [0.15, 0.2) is 42.5 Å². The van der Waals surface area contributed by atoms with Gasteiger partial charge in [-0.25, -0.2) is 0 Å². The Hall–Kier alpha value is -2.22. The number of carbonyl (C=O) groups is 3. The number of halogens is 1. The SMILES string of the molecule is O=C1CCC(N2Cc3ccc(-c4cccc(I)c4)cc3C2=O)C(=O)N1. The summed E-state index contributed by atoms with van der Waals surface area (Å²) < 4.78 is 1.13. The molecule has 1 unspecified atom stereocenters. The zero-order chi connectivity index (χ0) is 17.6. The van der Waals surface area contributed by atoms with Crippen molar-refractivity contribution in [2.45, 2.75) is 25.4 Å². The second-order valence-corrected chi connectivity index (χ2v) is 7.53. The van der Waals surface area contributed by atoms with Crippen molar-refractivity contribution in [3.8, 4) is 11.1 Å². The number of carbonyl (C=O) groups excluding carboxylic acids is 3. The lowest BCUT2D eigenvalue weighted by atomic mass is 10.0. The van der Waals surface area contributed by atoms with Gasteiger partial charge in [0.05, 0.1) is 0 Å². The second-order valence-electron chi connectivity index (χ2n) is 6.28. The maximum atomic E-state index is 12.8. The number of imide groups is 1. The van der Waals surface area contributed by atoms with Gasteiger partial charge in [-0.3, -0.25) is 19.7 Å². The second kappa shape index (κ2) is 6.25. The summed E-state index contributed by atoms with van der Waals surface area (Å²) in [5, 5.41) is 2.32. The molecule has 2 heterocycles. The number of hydrogen-bond acceptors (Lipinski definition) is 3. The largest absolute Gasteiger partial charge is 0.322 e. The van der Waals surface area contributed by atoms with Crippen molar-refractivity contribution in [3.05, 3.63) is 57.2 Å². The quantitative estimate of drug-likeness (QED) is 0.570. The van der Waals surface area contributed by atoms with Crippen molar-refractivity contribution in [2.24, 2.45) is 0 Å². The van der Waals surface area contributed by atoms with Gasteiger partial charge in [0, 0.05) is 22.1 Å². The Morgan fingerprint density at radius 2 is 1.84 bits per heavy atom. The van der Waals surface area contributed by atoms with Crippen LogP contribution < -0.4 is 5.32 Å². The summed E-state index contributed by atoms with van der Waals surface area (Å²) in [6, 6.07) is 13.4. The molecule has 25 heavy (non-hydrogen) atoms. The molecule has 0 spiro atoms. The van der Waals surface area contributed by atoms with Gasteiger partial charge < -0.3 is 4.90 Å². The third-order valence-corrected chi connectivity index (χ3v) is 5.36. The summed E-state index contributed by atoms with van der Waals surface area (Å²) in [4.78, 5) is 37.8. The fourth-order valence-corrected chi connectivity index (χ4v) is 3.95. The summed E-state index contributed by atoms with van der Waals surface area (Å²) >= 11 is 2.26. The summed E-state index contributed by atoms with van der Waals surface area (Å²) in [5.41, 5.74) is 3.60. The van der Waals surface area contributed by atoms with E-state index in [9.17, 15) is 14.4 Å². The summed E-state index contributed by atoms with van der Waals surface area (Å²) in [7, 11) is 0. The molecular weight excluding hydrogens is 431 g/mol. The minimum atomic E-state index is -0.571. The predicted molar refractivity (Wildman–Crippen MR) is 101 cm³/mol. The highest BCUT2D eigenvalue weighted by Gasteiger charge is 2.39. The van der Waals surface area contributed by atoms with E-state index in [1.165, 1.54) is 0 Å². The van der Waals surface area contributed by atoms with E-state index in [-0.39, 0.29) is 24.1 Å². The van der Waals surface area contributed by atoms with Crippen molar-refractivity contribution >= 4 is 40.3 Å². The Morgan fingerprint density at radius 1 is 1.04 bits per heavy atom. The monoisotopic (exact) mass is 446 g/mol. The smallest absolute Gasteiger partial charge is 0.255 e. The van der Waals surface area contributed by atoms with Gasteiger partial charge in [-0.05, 0) is 63.9 Å². The third kappa shape index (κ3) is 2.95. The zero-order valence-corrected chi connectivity index (χ0v) is 15.4. The Kier molecular flexibility index (Phi) is 4.07. The number of hydrogen-bond donors (Lipinski definition) is 1. The molecule has 3 amide bonds. The lowest BCUT2D eigenvalue weighted by Gasteiger charge is -2.29. The summed E-state index contributed by atoms with van der Waals surface area (Å²) in [6.07, 6.45) is 0.651. The molecule has 1 fully saturated rings. The Bertz CT molecular complexity index is 909. The highest BCUT2D eigenvalue weighted by Crippen LogP contribution is 2.31. The summed E-state index contributed by atoms with van der Waals surface area (Å²) in [5.74, 6) is -0.793. The van der Waals surface area contributed by atoms with E-state index >= 15 is 0 Å². The molecule has 4 rings (SSSR count). The highest BCUT2D eigenvalue weighted by molar-refractivity contribution is 14.1. The van der Waals surface area contributed by atoms with Crippen molar-refractivity contribution in [1.29, 1.82) is 0 Å². The van der Waals surface area contributed by atoms with E-state index in [0.29, 0.717) is 18.5 Å². The minimum absolute atomic E-state index is 0.142. The van der Waals surface area contributed by atoms with E-state index in [0.717, 1.165) is 20.3 Å². The molecule has 6 heteroatoms. The molecule has 2 aromatic carbocycles. The van der Waals surface area contributed by atoms with Gasteiger partial charge in [0.15, 0.2) is 0 Å². The number of piperidine rings is 1. The first kappa shape index (κ1) is 16.3. The molecule has 0 bridgehead atoms. The molecule has 5 nitrogen and oxygen atoms in total. The van der Waals surface area contributed by atoms with Crippen LogP contribution in [-0.4, -0.2) is 28.7 Å². The fourth-order valence-electron chi connectivity index (χ4n) is 3.40. The Morgan fingerprint density at radius 3 is 2.60 bits per heavy atom. The molecular formula is C19H15IN2O3. The average molecular weight is 446 g/mol. The normalized spacial score (nSPS) is 19.8. The molecule has 126 valence electrons. The topological polar surface area (TPSA) is 66.5 Å². The first-order valence-corrected chi connectivity index (χ1v) is 9.14. The van der Waals surface area contributed by atoms with Crippen LogP contribution in [0, 0.1) is 3.57 Å². The number of fused-ring (bicyclic) bond motifs is 1. The molecule has 2 aliphatic heterocycles. The van der Waals surface area contributed by atoms with Crippen LogP contribution in [0.1, 0.15) is 28.8 Å². The highest BCUT2D eigenvalue weighted by atomic mass is 127. The average Bonchev–Trinajstić information content (AvgIpc) is 2.91. The van der Waals surface area contributed by atoms with Crippen LogP contribution in [0.3, 0.4) is 0 Å². The Labute approximate surface area is 158 Å². The molecule has 2 aromatic rings. The van der Waals surface area contributed by atoms with Gasteiger partial charge in [-0.15, -0.1) is 0 Å². The molecule has 1 N–H and O–H groups in total. The summed E-state index contributed by atoms with van der Waals surface area (Å²) in [6.45, 7) is 0.410. The fraction of sp³-hybridized carbons (Fsp3) is 0.211. The predicted octanol–water partition coefficient (Wildman–Crippen LogP) is 2.72. The van der Waals surface area contributed by atoms with Crippen molar-refractivity contribution in [3.63, 3.8) is 0 Å². The first-order valence-electron chi connectivity index (χ1n) is 8.06. The number of rotatable bonds is 2. The van der Waals surface area contributed by atoms with Crippen LogP contribution >= 0.6 is 22.6 Å². The van der Waals surface area contributed by atoms with Crippen molar-refractivity contribution in [2.75, 3.05) is 0 Å². The first-order chi connectivity index (χ1) is 12.0. The van der Waals surface area contributed by atoms with Gasteiger partial charge >= 0.3 is 0 Å². The molecule has 1 atom stereocenters. The molecule has 0 saturated carbocycles. The molecule has 0 aromatic heterocycles. The van der Waals surface area contributed by atoms with Gasteiger partial charge in [-0.2, -0.15) is 0 Å². The molecule has 1 saturated heterocycles. The van der Waals surface area contributed by atoms with Crippen LogP contribution in [0.2, 0.25) is 0 Å². The third-order valence-electron chi connectivity index (χ3n) is 4.69. The van der Waals surface area contributed by atoms with Crippen LogP contribution in [0.25, 0.3) is 11.1 Å². The van der Waals surface area contributed by atoms with Crippen molar-refractivity contribution in [1.82, 2.24) is 10.2 Å². The van der Waals surface area contributed by atoms with Crippen molar-refractivity contribution < 1.29 is 14.4 Å². The van der Waals surface area contributed by atoms with E-state index in [2.05, 4.69) is 34.0 Å². The molecule has 0 aliphatic carbocycles. The van der Waals surface area contributed by atoms with E-state index in [1.807, 2.05) is 36.4 Å². The van der Waals surface area contributed by atoms with E-state index in [1.54, 1.807) is 4.90 Å². The zero-order valence-electron chi connectivity index (χ0n) is 13.3.